The summed E-state index contributed by atoms with van der Waals surface area (Å²) in [7, 11) is 0. The lowest BCUT2D eigenvalue weighted by molar-refractivity contribution is 0.331. The summed E-state index contributed by atoms with van der Waals surface area (Å²) in [4.78, 5) is 0. The summed E-state index contributed by atoms with van der Waals surface area (Å²) < 4.78 is 5.29. The van der Waals surface area contributed by atoms with Crippen LogP contribution in [0.1, 0.15) is 95.2 Å². The van der Waals surface area contributed by atoms with Crippen LogP contribution in [0.15, 0.2) is 28.9 Å². The molecule has 1 aliphatic rings. The minimum Gasteiger partial charge on any atom is -0.357 e. The van der Waals surface area contributed by atoms with Gasteiger partial charge >= 0.3 is 0 Å². The van der Waals surface area contributed by atoms with Crippen LogP contribution in [0.5, 0.6) is 0 Å². The molecule has 0 fully saturated rings. The predicted molar refractivity (Wildman–Crippen MR) is 106 cm³/mol. The van der Waals surface area contributed by atoms with Crippen LogP contribution < -0.4 is 0 Å². The molecule has 0 saturated carbocycles. The molecule has 0 unspecified atom stereocenters. The molecule has 0 atom stereocenters. The van der Waals surface area contributed by atoms with Crippen LogP contribution in [0.25, 0.3) is 11.6 Å². The Balaban J connectivity index is 2.22. The van der Waals surface area contributed by atoms with Crippen molar-refractivity contribution >= 4 is 11.6 Å². The van der Waals surface area contributed by atoms with Gasteiger partial charge in [-0.3, -0.25) is 0 Å². The molecule has 1 aliphatic carbocycles. The summed E-state index contributed by atoms with van der Waals surface area (Å²) in [6.45, 7) is 16.3. The number of fused-ring (bicyclic) bond motifs is 1. The molecule has 0 saturated heterocycles. The molecule has 1 aromatic heterocycles. The molecule has 134 valence electrons. The second-order valence-electron chi connectivity index (χ2n) is 9.15. The lowest BCUT2D eigenvalue weighted by atomic mass is 9.62. The van der Waals surface area contributed by atoms with Crippen molar-refractivity contribution in [2.75, 3.05) is 0 Å². The van der Waals surface area contributed by atoms with E-state index in [1.54, 1.807) is 6.20 Å². The fraction of sp³-hybridized carbons (Fsp3) is 0.522. The highest BCUT2D eigenvalue weighted by atomic mass is 16.5. The zero-order chi connectivity index (χ0) is 18.4. The normalized spacial score (nSPS) is 19.1. The Morgan fingerprint density at radius 1 is 1.08 bits per heavy atom. The molecule has 25 heavy (non-hydrogen) atoms. The van der Waals surface area contributed by atoms with Crippen molar-refractivity contribution in [1.82, 2.24) is 5.16 Å². The standard InChI is InChI=1S/C23H31NO/c1-15(2)18-13-20-21(23(6,7)10-9-22(20,4)5)14-19(18)16(3)12-17-8-11-24-25-17/h8,11-15H,9-10H2,1-7H3. The van der Waals surface area contributed by atoms with Crippen LogP contribution in [-0.2, 0) is 10.8 Å². The molecule has 0 radical (unpaired) electrons. The minimum absolute atomic E-state index is 0.224. The first-order valence-electron chi connectivity index (χ1n) is 9.40. The van der Waals surface area contributed by atoms with E-state index in [0.717, 1.165) is 5.76 Å². The fourth-order valence-corrected chi connectivity index (χ4v) is 4.04. The molecule has 2 aromatic rings. The Bertz CT molecular complexity index is 792. The minimum atomic E-state index is 0.224. The van der Waals surface area contributed by atoms with Gasteiger partial charge < -0.3 is 4.52 Å². The van der Waals surface area contributed by atoms with Gasteiger partial charge in [-0.05, 0) is 70.4 Å². The smallest absolute Gasteiger partial charge is 0.159 e. The van der Waals surface area contributed by atoms with Crippen molar-refractivity contribution in [3.63, 3.8) is 0 Å². The molecule has 1 aromatic carbocycles. The highest BCUT2D eigenvalue weighted by molar-refractivity contribution is 5.81. The van der Waals surface area contributed by atoms with Crippen LogP contribution in [-0.4, -0.2) is 5.16 Å². The van der Waals surface area contributed by atoms with Gasteiger partial charge in [-0.2, -0.15) is 0 Å². The first kappa shape index (κ1) is 18.0. The number of benzene rings is 1. The Kier molecular flexibility index (Phi) is 4.43. The predicted octanol–water partition coefficient (Wildman–Crippen LogP) is 6.71. The first-order chi connectivity index (χ1) is 11.6. The summed E-state index contributed by atoms with van der Waals surface area (Å²) in [5.74, 6) is 1.30. The van der Waals surface area contributed by atoms with Crippen molar-refractivity contribution in [3.05, 3.63) is 52.4 Å². The SMILES string of the molecule is CC(=Cc1ccno1)c1cc2c(cc1C(C)C)C(C)(C)CCC2(C)C. The third-order valence-electron chi connectivity index (χ3n) is 5.89. The second-order valence-corrected chi connectivity index (χ2v) is 9.15. The summed E-state index contributed by atoms with van der Waals surface area (Å²) >= 11 is 0. The third-order valence-corrected chi connectivity index (χ3v) is 5.89. The van der Waals surface area contributed by atoms with E-state index in [1.807, 2.05) is 6.07 Å². The molecular weight excluding hydrogens is 306 g/mol. The Morgan fingerprint density at radius 2 is 1.68 bits per heavy atom. The number of rotatable bonds is 3. The molecule has 0 bridgehead atoms. The molecule has 1 heterocycles. The lowest BCUT2D eigenvalue weighted by Crippen LogP contribution is -2.34. The van der Waals surface area contributed by atoms with Crippen molar-refractivity contribution in [3.8, 4) is 0 Å². The van der Waals surface area contributed by atoms with E-state index < -0.39 is 0 Å². The largest absolute Gasteiger partial charge is 0.357 e. The number of hydrogen-bond donors (Lipinski definition) is 0. The molecule has 2 nitrogen and oxygen atoms in total. The van der Waals surface area contributed by atoms with Gasteiger partial charge in [0.2, 0.25) is 0 Å². The third kappa shape index (κ3) is 3.31. The highest BCUT2D eigenvalue weighted by Crippen LogP contribution is 2.48. The summed E-state index contributed by atoms with van der Waals surface area (Å²) in [5, 5.41) is 3.82. The van der Waals surface area contributed by atoms with Gasteiger partial charge in [0.05, 0.1) is 6.20 Å². The maximum absolute atomic E-state index is 5.29. The fourth-order valence-electron chi connectivity index (χ4n) is 4.04. The quantitative estimate of drug-likeness (QED) is 0.622. The molecular formula is C23H31NO. The van der Waals surface area contributed by atoms with E-state index in [1.165, 1.54) is 40.7 Å². The number of aromatic nitrogens is 1. The summed E-state index contributed by atoms with van der Waals surface area (Å²) in [6, 6.07) is 6.84. The first-order valence-corrected chi connectivity index (χ1v) is 9.40. The zero-order valence-corrected chi connectivity index (χ0v) is 16.7. The molecule has 0 N–H and O–H groups in total. The van der Waals surface area contributed by atoms with Gasteiger partial charge in [0.15, 0.2) is 5.76 Å². The van der Waals surface area contributed by atoms with Crippen molar-refractivity contribution in [1.29, 1.82) is 0 Å². The average Bonchev–Trinajstić information content (AvgIpc) is 3.03. The Hall–Kier alpha value is -1.83. The molecule has 0 aliphatic heterocycles. The summed E-state index contributed by atoms with van der Waals surface area (Å²) in [5.41, 5.74) is 7.52. The highest BCUT2D eigenvalue weighted by Gasteiger charge is 2.37. The van der Waals surface area contributed by atoms with E-state index in [9.17, 15) is 0 Å². The second kappa shape index (κ2) is 6.16. The van der Waals surface area contributed by atoms with E-state index in [2.05, 4.69) is 71.8 Å². The van der Waals surface area contributed by atoms with E-state index in [0.29, 0.717) is 5.92 Å². The molecule has 0 spiro atoms. The van der Waals surface area contributed by atoms with Gasteiger partial charge in [0.1, 0.15) is 0 Å². The Morgan fingerprint density at radius 3 is 2.20 bits per heavy atom. The number of nitrogens with zero attached hydrogens (tertiary/aromatic N) is 1. The van der Waals surface area contributed by atoms with Crippen LogP contribution in [0.2, 0.25) is 0 Å². The van der Waals surface area contributed by atoms with Gasteiger partial charge in [0.25, 0.3) is 0 Å². The zero-order valence-electron chi connectivity index (χ0n) is 16.7. The monoisotopic (exact) mass is 337 g/mol. The average molecular weight is 338 g/mol. The molecule has 2 heteroatoms. The van der Waals surface area contributed by atoms with E-state index in [4.69, 9.17) is 4.52 Å². The maximum atomic E-state index is 5.29. The number of allylic oxidation sites excluding steroid dienone is 1. The summed E-state index contributed by atoms with van der Waals surface area (Å²) in [6.07, 6.45) is 6.28. The lowest BCUT2D eigenvalue weighted by Gasteiger charge is -2.43. The van der Waals surface area contributed by atoms with Crippen LogP contribution in [0.3, 0.4) is 0 Å². The van der Waals surface area contributed by atoms with Gasteiger partial charge in [-0.25, -0.2) is 0 Å². The van der Waals surface area contributed by atoms with E-state index >= 15 is 0 Å². The van der Waals surface area contributed by atoms with Crippen molar-refractivity contribution < 1.29 is 4.52 Å². The topological polar surface area (TPSA) is 26.0 Å². The van der Waals surface area contributed by atoms with Crippen LogP contribution in [0, 0.1) is 0 Å². The molecule has 0 amide bonds. The van der Waals surface area contributed by atoms with Crippen molar-refractivity contribution in [2.24, 2.45) is 0 Å². The van der Waals surface area contributed by atoms with Crippen molar-refractivity contribution in [2.45, 2.75) is 78.1 Å². The molecule has 3 rings (SSSR count). The van der Waals surface area contributed by atoms with Gasteiger partial charge in [-0.15, -0.1) is 0 Å². The van der Waals surface area contributed by atoms with Gasteiger partial charge in [0, 0.05) is 6.07 Å². The van der Waals surface area contributed by atoms with E-state index in [-0.39, 0.29) is 10.8 Å². The van der Waals surface area contributed by atoms with Crippen LogP contribution >= 0.6 is 0 Å². The van der Waals surface area contributed by atoms with Gasteiger partial charge in [-0.1, -0.05) is 58.8 Å². The number of hydrogen-bond acceptors (Lipinski definition) is 2. The maximum Gasteiger partial charge on any atom is 0.159 e. The Labute approximate surface area is 152 Å². The van der Waals surface area contributed by atoms with Crippen LogP contribution in [0.4, 0.5) is 0 Å².